The van der Waals surface area contributed by atoms with Crippen LogP contribution >= 0.6 is 0 Å². The third-order valence-electron chi connectivity index (χ3n) is 3.03. The Hall–Kier alpha value is -0.550. The number of rotatable bonds is 2. The van der Waals surface area contributed by atoms with E-state index >= 15 is 0 Å². The van der Waals surface area contributed by atoms with Crippen molar-refractivity contribution in [3.8, 4) is 11.8 Å². The molecule has 0 unspecified atom stereocenters. The molecule has 98 valence electrons. The lowest BCUT2D eigenvalue weighted by Crippen LogP contribution is -2.44. The zero-order valence-electron chi connectivity index (χ0n) is 11.8. The van der Waals surface area contributed by atoms with E-state index in [9.17, 15) is 4.39 Å². The second kappa shape index (κ2) is 5.87. The number of hydrogen-bond acceptors (Lipinski definition) is 1. The van der Waals surface area contributed by atoms with Gasteiger partial charge in [0, 0.05) is 38.9 Å². The normalized spacial score (nSPS) is 20.8. The van der Waals surface area contributed by atoms with E-state index in [1.807, 2.05) is 0 Å². The average Bonchev–Trinajstić information content (AvgIpc) is 2.21. The van der Waals surface area contributed by atoms with E-state index in [2.05, 4.69) is 44.4 Å². The number of halogens is 1. The van der Waals surface area contributed by atoms with Gasteiger partial charge in [-0.2, -0.15) is 0 Å². The van der Waals surface area contributed by atoms with E-state index in [1.54, 1.807) is 0 Å². The predicted molar refractivity (Wildman–Crippen MR) is 71.7 cm³/mol. The maximum atomic E-state index is 14.3. The second-order valence-corrected chi connectivity index (χ2v) is 6.35. The third-order valence-corrected chi connectivity index (χ3v) is 3.03. The van der Waals surface area contributed by atoms with Crippen molar-refractivity contribution in [1.29, 1.82) is 0 Å². The van der Waals surface area contributed by atoms with Crippen LogP contribution in [-0.4, -0.2) is 30.2 Å². The molecule has 1 nitrogen and oxygen atoms in total. The van der Waals surface area contributed by atoms with E-state index < -0.39 is 5.67 Å². The van der Waals surface area contributed by atoms with Crippen LogP contribution in [-0.2, 0) is 0 Å². The molecule has 0 radical (unpaired) electrons. The first-order chi connectivity index (χ1) is 7.85. The monoisotopic (exact) mass is 239 g/mol. The Morgan fingerprint density at radius 2 is 1.82 bits per heavy atom. The van der Waals surface area contributed by atoms with Gasteiger partial charge >= 0.3 is 0 Å². The number of likely N-dealkylation sites (tertiary alicyclic amines) is 1. The Bertz CT molecular complexity index is 284. The first-order valence-electron chi connectivity index (χ1n) is 6.76. The van der Waals surface area contributed by atoms with Crippen molar-refractivity contribution in [2.24, 2.45) is 5.41 Å². The summed E-state index contributed by atoms with van der Waals surface area (Å²) >= 11 is 0. The number of nitrogens with zero attached hydrogens (tertiary/aromatic N) is 1. The largest absolute Gasteiger partial charge is 0.303 e. The van der Waals surface area contributed by atoms with Crippen LogP contribution in [0.5, 0.6) is 0 Å². The van der Waals surface area contributed by atoms with Crippen molar-refractivity contribution in [3.63, 3.8) is 0 Å². The Morgan fingerprint density at radius 3 is 2.29 bits per heavy atom. The molecule has 1 heterocycles. The lowest BCUT2D eigenvalue weighted by molar-refractivity contribution is 0.0818. The molecule has 0 aromatic carbocycles. The summed E-state index contributed by atoms with van der Waals surface area (Å²) in [6.45, 7) is 11.5. The van der Waals surface area contributed by atoms with Crippen LogP contribution in [0.1, 0.15) is 53.4 Å². The van der Waals surface area contributed by atoms with Crippen LogP contribution in [0.15, 0.2) is 0 Å². The quantitative estimate of drug-likeness (QED) is 0.665. The summed E-state index contributed by atoms with van der Waals surface area (Å²) in [5, 5.41) is 0. The number of hydrogen-bond donors (Lipinski definition) is 0. The van der Waals surface area contributed by atoms with Crippen LogP contribution in [0.2, 0.25) is 0 Å². The van der Waals surface area contributed by atoms with Gasteiger partial charge in [-0.05, 0) is 11.8 Å². The Kier molecular flexibility index (Phi) is 5.01. The van der Waals surface area contributed by atoms with Gasteiger partial charge < -0.3 is 4.90 Å². The highest BCUT2D eigenvalue weighted by molar-refractivity contribution is 5.15. The van der Waals surface area contributed by atoms with Crippen molar-refractivity contribution in [2.45, 2.75) is 59.0 Å². The number of alkyl halides is 1. The van der Waals surface area contributed by atoms with Gasteiger partial charge in [-0.25, -0.2) is 4.39 Å². The molecule has 17 heavy (non-hydrogen) atoms. The van der Waals surface area contributed by atoms with Gasteiger partial charge in [0.25, 0.3) is 0 Å². The molecule has 0 aliphatic carbocycles. The summed E-state index contributed by atoms with van der Waals surface area (Å²) < 4.78 is 14.3. The minimum Gasteiger partial charge on any atom is -0.303 e. The van der Waals surface area contributed by atoms with Crippen molar-refractivity contribution in [2.75, 3.05) is 19.6 Å². The van der Waals surface area contributed by atoms with Gasteiger partial charge in [-0.15, -0.1) is 0 Å². The van der Waals surface area contributed by atoms with E-state index in [1.165, 1.54) is 0 Å². The van der Waals surface area contributed by atoms with Gasteiger partial charge in [0.05, 0.1) is 0 Å². The predicted octanol–water partition coefficient (Wildman–Crippen LogP) is 3.64. The summed E-state index contributed by atoms with van der Waals surface area (Å²) in [5.41, 5.74) is -0.923. The highest BCUT2D eigenvalue weighted by Gasteiger charge is 2.33. The maximum absolute atomic E-state index is 14.3. The molecule has 0 aromatic rings. The van der Waals surface area contributed by atoms with E-state index in [4.69, 9.17) is 0 Å². The van der Waals surface area contributed by atoms with Gasteiger partial charge in [-0.3, -0.25) is 0 Å². The second-order valence-electron chi connectivity index (χ2n) is 6.35. The molecule has 0 amide bonds. The highest BCUT2D eigenvalue weighted by atomic mass is 19.1. The van der Waals surface area contributed by atoms with Crippen LogP contribution in [0, 0.1) is 17.3 Å². The summed E-state index contributed by atoms with van der Waals surface area (Å²) in [6.07, 6.45) is 2.97. The number of unbranched alkanes of at least 4 members (excludes halogenated alkanes) is 1. The van der Waals surface area contributed by atoms with Crippen LogP contribution in [0.25, 0.3) is 0 Å². The molecule has 1 rings (SSSR count). The topological polar surface area (TPSA) is 3.24 Å². The molecule has 0 bridgehead atoms. The first kappa shape index (κ1) is 14.5. The fraction of sp³-hybridized carbons (Fsp3) is 0.867. The molecule has 0 spiro atoms. The van der Waals surface area contributed by atoms with Gasteiger partial charge in [-0.1, -0.05) is 39.5 Å². The lowest BCUT2D eigenvalue weighted by atomic mass is 9.90. The van der Waals surface area contributed by atoms with Crippen LogP contribution in [0.3, 0.4) is 0 Å². The van der Waals surface area contributed by atoms with E-state index in [0.717, 1.165) is 32.5 Å². The van der Waals surface area contributed by atoms with E-state index in [0.29, 0.717) is 18.3 Å². The molecular formula is C15H26FN. The lowest BCUT2D eigenvalue weighted by Gasteiger charge is -2.37. The smallest absolute Gasteiger partial charge is 0.173 e. The summed E-state index contributed by atoms with van der Waals surface area (Å²) in [7, 11) is 0. The summed E-state index contributed by atoms with van der Waals surface area (Å²) in [5.74, 6) is 5.80. The first-order valence-corrected chi connectivity index (χ1v) is 6.76. The van der Waals surface area contributed by atoms with Crippen LogP contribution < -0.4 is 0 Å². The van der Waals surface area contributed by atoms with E-state index in [-0.39, 0.29) is 0 Å². The molecule has 2 heteroatoms. The van der Waals surface area contributed by atoms with Crippen LogP contribution in [0.4, 0.5) is 4.39 Å². The standard InChI is InChI=1S/C15H26FN/c1-5-6-7-8-15(16)9-11-17(12-10-15)13-14(2,3)4/h5-6,9-13H2,1-4H3. The van der Waals surface area contributed by atoms with Crippen molar-refractivity contribution in [3.05, 3.63) is 0 Å². The van der Waals surface area contributed by atoms with Gasteiger partial charge in [0.1, 0.15) is 0 Å². The van der Waals surface area contributed by atoms with Crippen molar-refractivity contribution >= 4 is 0 Å². The molecular weight excluding hydrogens is 213 g/mol. The van der Waals surface area contributed by atoms with Gasteiger partial charge in [0.15, 0.2) is 5.67 Å². The zero-order chi connectivity index (χ0) is 12.9. The molecule has 0 aromatic heterocycles. The molecule has 1 aliphatic heterocycles. The minimum atomic E-state index is -1.22. The van der Waals surface area contributed by atoms with Gasteiger partial charge in [0.2, 0.25) is 0 Å². The molecule has 1 fully saturated rings. The molecule has 0 N–H and O–H groups in total. The Morgan fingerprint density at radius 1 is 1.24 bits per heavy atom. The molecule has 1 saturated heterocycles. The fourth-order valence-corrected chi connectivity index (χ4v) is 2.21. The zero-order valence-corrected chi connectivity index (χ0v) is 11.8. The summed E-state index contributed by atoms with van der Waals surface area (Å²) in [6, 6.07) is 0. The third kappa shape index (κ3) is 5.55. The Balaban J connectivity index is 2.42. The highest BCUT2D eigenvalue weighted by Crippen LogP contribution is 2.27. The van der Waals surface area contributed by atoms with Crippen molar-refractivity contribution < 1.29 is 4.39 Å². The Labute approximate surface area is 106 Å². The molecule has 1 aliphatic rings. The minimum absolute atomic E-state index is 0.296. The molecule has 0 saturated carbocycles. The fourth-order valence-electron chi connectivity index (χ4n) is 2.21. The molecule has 0 atom stereocenters. The SMILES string of the molecule is CCCC#CC1(F)CCN(CC(C)(C)C)CC1. The summed E-state index contributed by atoms with van der Waals surface area (Å²) in [4.78, 5) is 2.36. The average molecular weight is 239 g/mol. The maximum Gasteiger partial charge on any atom is 0.173 e. The van der Waals surface area contributed by atoms with Crippen molar-refractivity contribution in [1.82, 2.24) is 4.90 Å². The number of piperidine rings is 1.